The van der Waals surface area contributed by atoms with Crippen LogP contribution in [0.2, 0.25) is 0 Å². The van der Waals surface area contributed by atoms with Gasteiger partial charge in [0.1, 0.15) is 17.4 Å². The minimum Gasteiger partial charge on any atom is -0.495 e. The van der Waals surface area contributed by atoms with Crippen molar-refractivity contribution in [3.8, 4) is 5.75 Å². The number of hydrogen-bond acceptors (Lipinski definition) is 7. The first-order chi connectivity index (χ1) is 16.5. The van der Waals surface area contributed by atoms with Crippen LogP contribution < -0.4 is 15.2 Å². The van der Waals surface area contributed by atoms with Gasteiger partial charge in [-0.15, -0.1) is 10.2 Å². The molecular weight excluding hydrogens is 436 g/mol. The average Bonchev–Trinajstić information content (AvgIpc) is 3.49. The molecule has 2 aliphatic heterocycles. The van der Waals surface area contributed by atoms with Crippen molar-refractivity contribution in [3.05, 3.63) is 57.3 Å². The number of amides is 1. The summed E-state index contributed by atoms with van der Waals surface area (Å²) in [5.74, 6) is 2.07. The largest absolute Gasteiger partial charge is 0.495 e. The highest BCUT2D eigenvalue weighted by atomic mass is 16.5. The minimum absolute atomic E-state index is 0.129. The monoisotopic (exact) mass is 460 g/mol. The van der Waals surface area contributed by atoms with E-state index in [0.717, 1.165) is 36.2 Å². The first kappa shape index (κ1) is 20.8. The summed E-state index contributed by atoms with van der Waals surface area (Å²) in [5.41, 5.74) is 3.59. The average molecular weight is 460 g/mol. The lowest BCUT2D eigenvalue weighted by molar-refractivity contribution is 0.0834. The number of nitrogens with zero attached hydrogens (tertiary/aromatic N) is 5. The number of anilines is 1. The molecule has 0 saturated carbocycles. The Labute approximate surface area is 194 Å². The van der Waals surface area contributed by atoms with E-state index >= 15 is 0 Å². The van der Waals surface area contributed by atoms with Crippen molar-refractivity contribution in [1.29, 1.82) is 0 Å². The third kappa shape index (κ3) is 3.17. The lowest BCUT2D eigenvalue weighted by atomic mass is 9.99. The summed E-state index contributed by atoms with van der Waals surface area (Å²) >= 11 is 0. The molecular formula is C24H24N6O4. The van der Waals surface area contributed by atoms with Gasteiger partial charge in [0.2, 0.25) is 5.65 Å². The Morgan fingerprint density at radius 3 is 2.82 bits per heavy atom. The summed E-state index contributed by atoms with van der Waals surface area (Å²) in [7, 11) is 1.60. The van der Waals surface area contributed by atoms with Gasteiger partial charge >= 0.3 is 0 Å². The first-order valence-electron chi connectivity index (χ1n) is 11.4. The van der Waals surface area contributed by atoms with Crippen LogP contribution in [0.25, 0.3) is 16.7 Å². The highest BCUT2D eigenvalue weighted by molar-refractivity contribution is 6.09. The fraction of sp³-hybridized carbons (Fsp3) is 0.375. The number of nitrogens with one attached hydrogen (secondary N) is 1. The number of hydrogen-bond donors (Lipinski definition) is 1. The highest BCUT2D eigenvalue weighted by Crippen LogP contribution is 2.32. The van der Waals surface area contributed by atoms with E-state index in [9.17, 15) is 9.59 Å². The molecule has 0 atom stereocenters. The van der Waals surface area contributed by atoms with E-state index < -0.39 is 0 Å². The SMILES string of the molecule is COc1cnc2c(c1)CCN2C(=O)c1cc2c(cc1C)[nH]c(=O)c1nnc(C3CCOCC3)n12. The summed E-state index contributed by atoms with van der Waals surface area (Å²) < 4.78 is 12.6. The maximum atomic E-state index is 13.7. The zero-order chi connectivity index (χ0) is 23.4. The second-order valence-electron chi connectivity index (χ2n) is 8.81. The molecule has 0 spiro atoms. The molecule has 34 heavy (non-hydrogen) atoms. The van der Waals surface area contributed by atoms with Crippen molar-refractivity contribution < 1.29 is 14.3 Å². The highest BCUT2D eigenvalue weighted by Gasteiger charge is 2.29. The quantitative estimate of drug-likeness (QED) is 0.499. The molecule has 174 valence electrons. The standard InChI is InChI=1S/C24H24N6O4/c1-13-9-18-19(30-21(14-4-7-34-8-5-14)27-28-22(30)23(31)26-18)11-17(13)24(32)29-6-3-15-10-16(33-2)12-25-20(15)29/h9-12,14H,3-8H2,1-2H3,(H,26,31). The molecule has 5 heterocycles. The molecule has 3 aromatic heterocycles. The number of fused-ring (bicyclic) bond motifs is 4. The van der Waals surface area contributed by atoms with Crippen molar-refractivity contribution >= 4 is 28.4 Å². The van der Waals surface area contributed by atoms with Crippen LogP contribution in [0.5, 0.6) is 5.75 Å². The number of aryl methyl sites for hydroxylation is 1. The number of benzene rings is 1. The van der Waals surface area contributed by atoms with Gasteiger partial charge in [-0.25, -0.2) is 4.98 Å². The van der Waals surface area contributed by atoms with Crippen LogP contribution in [-0.2, 0) is 11.2 Å². The zero-order valence-corrected chi connectivity index (χ0v) is 19.0. The van der Waals surface area contributed by atoms with E-state index in [1.54, 1.807) is 22.6 Å². The molecule has 1 fully saturated rings. The summed E-state index contributed by atoms with van der Waals surface area (Å²) in [4.78, 5) is 35.5. The maximum absolute atomic E-state index is 13.7. The fourth-order valence-corrected chi connectivity index (χ4v) is 4.99. The molecule has 1 saturated heterocycles. The predicted octanol–water partition coefficient (Wildman–Crippen LogP) is 2.38. The summed E-state index contributed by atoms with van der Waals surface area (Å²) in [6.07, 6.45) is 3.97. The van der Waals surface area contributed by atoms with Crippen molar-refractivity contribution in [2.45, 2.75) is 32.1 Å². The predicted molar refractivity (Wildman–Crippen MR) is 125 cm³/mol. The van der Waals surface area contributed by atoms with E-state index in [-0.39, 0.29) is 23.0 Å². The van der Waals surface area contributed by atoms with E-state index in [2.05, 4.69) is 20.2 Å². The Kier molecular flexibility index (Phi) is 4.84. The number of pyridine rings is 1. The number of aromatic amines is 1. The van der Waals surface area contributed by atoms with Gasteiger partial charge in [-0.2, -0.15) is 0 Å². The van der Waals surface area contributed by atoms with Crippen molar-refractivity contribution in [2.75, 3.05) is 31.8 Å². The molecule has 1 aromatic carbocycles. The van der Waals surface area contributed by atoms with Crippen LogP contribution in [0.4, 0.5) is 5.82 Å². The Morgan fingerprint density at radius 2 is 2.03 bits per heavy atom. The topological polar surface area (TPSA) is 115 Å². The van der Waals surface area contributed by atoms with Gasteiger partial charge in [-0.3, -0.25) is 18.9 Å². The number of carbonyl (C=O) groups excluding carboxylic acids is 1. The lowest BCUT2D eigenvalue weighted by Crippen LogP contribution is -2.30. The van der Waals surface area contributed by atoms with Crippen molar-refractivity contribution in [1.82, 2.24) is 24.6 Å². The van der Waals surface area contributed by atoms with E-state index in [1.807, 2.05) is 25.1 Å². The molecule has 6 rings (SSSR count). The van der Waals surface area contributed by atoms with Gasteiger partial charge in [0.15, 0.2) is 0 Å². The van der Waals surface area contributed by atoms with Gasteiger partial charge < -0.3 is 14.5 Å². The van der Waals surface area contributed by atoms with Gasteiger partial charge in [0, 0.05) is 36.8 Å². The Hall–Kier alpha value is -3.79. The molecule has 10 heteroatoms. The second-order valence-corrected chi connectivity index (χ2v) is 8.81. The van der Waals surface area contributed by atoms with Crippen LogP contribution in [0.1, 0.15) is 46.1 Å². The number of methoxy groups -OCH3 is 1. The minimum atomic E-state index is -0.302. The van der Waals surface area contributed by atoms with Crippen molar-refractivity contribution in [2.24, 2.45) is 0 Å². The Balaban J connectivity index is 1.49. The molecule has 10 nitrogen and oxygen atoms in total. The lowest BCUT2D eigenvalue weighted by Gasteiger charge is -2.21. The molecule has 0 unspecified atom stereocenters. The number of ether oxygens (including phenoxy) is 2. The first-order valence-corrected chi connectivity index (χ1v) is 11.4. The van der Waals surface area contributed by atoms with E-state index in [1.165, 1.54) is 0 Å². The third-order valence-corrected chi connectivity index (χ3v) is 6.80. The van der Waals surface area contributed by atoms with Crippen molar-refractivity contribution in [3.63, 3.8) is 0 Å². The molecule has 4 aromatic rings. The van der Waals surface area contributed by atoms with E-state index in [0.29, 0.717) is 47.9 Å². The number of rotatable bonds is 3. The summed E-state index contributed by atoms with van der Waals surface area (Å²) in [5, 5.41) is 8.55. The van der Waals surface area contributed by atoms with Gasteiger partial charge in [0.25, 0.3) is 11.5 Å². The molecule has 0 radical (unpaired) electrons. The third-order valence-electron chi connectivity index (χ3n) is 6.80. The van der Waals surface area contributed by atoms with Crippen LogP contribution in [0.15, 0.2) is 29.2 Å². The van der Waals surface area contributed by atoms with Gasteiger partial charge in [0.05, 0.1) is 24.3 Å². The molecule has 1 N–H and O–H groups in total. The number of H-pyrrole nitrogens is 1. The zero-order valence-electron chi connectivity index (χ0n) is 19.0. The molecule has 0 aliphatic carbocycles. The van der Waals surface area contributed by atoms with E-state index in [4.69, 9.17) is 9.47 Å². The van der Waals surface area contributed by atoms with Crippen LogP contribution in [0, 0.1) is 6.92 Å². The maximum Gasteiger partial charge on any atom is 0.294 e. The molecule has 2 aliphatic rings. The molecule has 0 bridgehead atoms. The Bertz CT molecular complexity index is 1500. The number of carbonyl (C=O) groups is 1. The second kappa shape index (κ2) is 7.91. The summed E-state index contributed by atoms with van der Waals surface area (Å²) in [6.45, 7) is 3.72. The normalized spacial score (nSPS) is 16.4. The Morgan fingerprint density at radius 1 is 1.21 bits per heavy atom. The van der Waals surface area contributed by atoms with Gasteiger partial charge in [-0.05, 0) is 49.9 Å². The fourth-order valence-electron chi connectivity index (χ4n) is 4.99. The van der Waals surface area contributed by atoms with Crippen LogP contribution in [0.3, 0.4) is 0 Å². The van der Waals surface area contributed by atoms with Gasteiger partial charge in [-0.1, -0.05) is 0 Å². The summed E-state index contributed by atoms with van der Waals surface area (Å²) in [6, 6.07) is 5.60. The van der Waals surface area contributed by atoms with Crippen LogP contribution in [-0.4, -0.2) is 57.3 Å². The van der Waals surface area contributed by atoms with Crippen LogP contribution >= 0.6 is 0 Å². The number of aromatic nitrogens is 5. The smallest absolute Gasteiger partial charge is 0.294 e. The molecule has 1 amide bonds.